The van der Waals surface area contributed by atoms with Crippen molar-refractivity contribution in [3.63, 3.8) is 0 Å². The van der Waals surface area contributed by atoms with E-state index in [1.807, 2.05) is 49.4 Å². The number of benzene rings is 2. The molecule has 2 aromatic carbocycles. The number of aryl methyl sites for hydroxylation is 1. The zero-order valence-electron chi connectivity index (χ0n) is 12.8. The second-order valence-electron chi connectivity index (χ2n) is 6.26. The average molecular weight is 302 g/mol. The molecular formula is C18H20ClNO. The molecule has 0 atom stereocenters. The van der Waals surface area contributed by atoms with Crippen LogP contribution in [0, 0.1) is 6.92 Å². The van der Waals surface area contributed by atoms with Crippen LogP contribution in [0.3, 0.4) is 0 Å². The summed E-state index contributed by atoms with van der Waals surface area (Å²) in [5.74, 6) is -0.152. The van der Waals surface area contributed by atoms with Gasteiger partial charge in [-0.2, -0.15) is 0 Å². The Hall–Kier alpha value is -1.80. The quantitative estimate of drug-likeness (QED) is 0.811. The number of carbonyl (C=O) groups is 1. The molecule has 0 heterocycles. The zero-order chi connectivity index (χ0) is 15.6. The highest BCUT2D eigenvalue weighted by Gasteiger charge is 2.14. The van der Waals surface area contributed by atoms with Crippen LogP contribution in [-0.2, 0) is 5.41 Å². The van der Waals surface area contributed by atoms with E-state index in [1.54, 1.807) is 0 Å². The molecule has 0 aliphatic carbocycles. The molecule has 2 rings (SSSR count). The summed E-state index contributed by atoms with van der Waals surface area (Å²) in [6.07, 6.45) is 0. The van der Waals surface area contributed by atoms with Gasteiger partial charge in [0.05, 0.1) is 10.7 Å². The van der Waals surface area contributed by atoms with E-state index in [0.29, 0.717) is 16.3 Å². The molecule has 1 amide bonds. The summed E-state index contributed by atoms with van der Waals surface area (Å²) < 4.78 is 0. The van der Waals surface area contributed by atoms with Gasteiger partial charge in [0.1, 0.15) is 0 Å². The molecule has 110 valence electrons. The van der Waals surface area contributed by atoms with Gasteiger partial charge in [-0.25, -0.2) is 0 Å². The third kappa shape index (κ3) is 3.85. The van der Waals surface area contributed by atoms with Crippen molar-refractivity contribution in [1.29, 1.82) is 0 Å². The van der Waals surface area contributed by atoms with Crippen molar-refractivity contribution >= 4 is 23.2 Å². The Labute approximate surface area is 131 Å². The van der Waals surface area contributed by atoms with Gasteiger partial charge in [-0.05, 0) is 47.7 Å². The molecular weight excluding hydrogens is 282 g/mol. The normalized spacial score (nSPS) is 11.3. The first-order valence-corrected chi connectivity index (χ1v) is 7.33. The fourth-order valence-electron chi connectivity index (χ4n) is 2.04. The SMILES string of the molecule is Cc1ccc(NC(=O)c2ccc(C(C)(C)C)cc2)c(Cl)c1. The van der Waals surface area contributed by atoms with Crippen molar-refractivity contribution < 1.29 is 4.79 Å². The molecule has 0 aromatic heterocycles. The highest BCUT2D eigenvalue weighted by molar-refractivity contribution is 6.34. The van der Waals surface area contributed by atoms with E-state index >= 15 is 0 Å². The molecule has 0 spiro atoms. The monoisotopic (exact) mass is 301 g/mol. The van der Waals surface area contributed by atoms with Crippen molar-refractivity contribution in [3.05, 3.63) is 64.2 Å². The molecule has 3 heteroatoms. The maximum atomic E-state index is 12.2. The van der Waals surface area contributed by atoms with Gasteiger partial charge in [0.2, 0.25) is 0 Å². The summed E-state index contributed by atoms with van der Waals surface area (Å²) in [5.41, 5.74) is 3.60. The Morgan fingerprint density at radius 2 is 1.67 bits per heavy atom. The van der Waals surface area contributed by atoms with Crippen molar-refractivity contribution in [3.8, 4) is 0 Å². The molecule has 0 aliphatic rings. The minimum absolute atomic E-state index is 0.0786. The van der Waals surface area contributed by atoms with E-state index in [1.165, 1.54) is 5.56 Å². The number of nitrogens with one attached hydrogen (secondary N) is 1. The summed E-state index contributed by atoms with van der Waals surface area (Å²) in [6, 6.07) is 13.2. The molecule has 0 aliphatic heterocycles. The third-order valence-electron chi connectivity index (χ3n) is 3.39. The second kappa shape index (κ2) is 5.90. The number of hydrogen-bond donors (Lipinski definition) is 1. The first-order chi connectivity index (χ1) is 9.77. The van der Waals surface area contributed by atoms with Crippen LogP contribution in [0.25, 0.3) is 0 Å². The zero-order valence-corrected chi connectivity index (χ0v) is 13.6. The van der Waals surface area contributed by atoms with Gasteiger partial charge in [0.25, 0.3) is 5.91 Å². The highest BCUT2D eigenvalue weighted by Crippen LogP contribution is 2.25. The average Bonchev–Trinajstić information content (AvgIpc) is 2.41. The van der Waals surface area contributed by atoms with Crippen LogP contribution in [-0.4, -0.2) is 5.91 Å². The minimum atomic E-state index is -0.152. The van der Waals surface area contributed by atoms with Gasteiger partial charge in [0, 0.05) is 5.56 Å². The lowest BCUT2D eigenvalue weighted by Crippen LogP contribution is -2.14. The predicted octanol–water partition coefficient (Wildman–Crippen LogP) is 5.20. The van der Waals surface area contributed by atoms with Gasteiger partial charge in [0.15, 0.2) is 0 Å². The summed E-state index contributed by atoms with van der Waals surface area (Å²) in [6.45, 7) is 8.40. The lowest BCUT2D eigenvalue weighted by molar-refractivity contribution is 0.102. The number of anilines is 1. The Morgan fingerprint density at radius 3 is 2.19 bits per heavy atom. The Kier molecular flexibility index (Phi) is 4.38. The van der Waals surface area contributed by atoms with E-state index in [4.69, 9.17) is 11.6 Å². The van der Waals surface area contributed by atoms with Crippen LogP contribution >= 0.6 is 11.6 Å². The van der Waals surface area contributed by atoms with E-state index in [-0.39, 0.29) is 11.3 Å². The minimum Gasteiger partial charge on any atom is -0.321 e. The smallest absolute Gasteiger partial charge is 0.255 e. The second-order valence-corrected chi connectivity index (χ2v) is 6.67. The van der Waals surface area contributed by atoms with Crippen LogP contribution in [0.2, 0.25) is 5.02 Å². The Balaban J connectivity index is 2.17. The molecule has 0 fully saturated rings. The van der Waals surface area contributed by atoms with E-state index in [9.17, 15) is 4.79 Å². The van der Waals surface area contributed by atoms with Crippen LogP contribution in [0.15, 0.2) is 42.5 Å². The van der Waals surface area contributed by atoms with Gasteiger partial charge in [-0.3, -0.25) is 4.79 Å². The number of amides is 1. The van der Waals surface area contributed by atoms with E-state index in [2.05, 4.69) is 26.1 Å². The standard InChI is InChI=1S/C18H20ClNO/c1-12-5-10-16(15(19)11-12)20-17(21)13-6-8-14(9-7-13)18(2,3)4/h5-11H,1-4H3,(H,20,21). The largest absolute Gasteiger partial charge is 0.321 e. The van der Waals surface area contributed by atoms with Gasteiger partial charge in [-0.1, -0.05) is 50.6 Å². The van der Waals surface area contributed by atoms with Crippen molar-refractivity contribution in [1.82, 2.24) is 0 Å². The molecule has 2 aromatic rings. The maximum absolute atomic E-state index is 12.2. The highest BCUT2D eigenvalue weighted by atomic mass is 35.5. The first kappa shape index (κ1) is 15.6. The summed E-state index contributed by atoms with van der Waals surface area (Å²) in [5, 5.41) is 3.39. The Morgan fingerprint density at radius 1 is 1.05 bits per heavy atom. The lowest BCUT2D eigenvalue weighted by Gasteiger charge is -2.19. The fourth-order valence-corrected chi connectivity index (χ4v) is 2.32. The van der Waals surface area contributed by atoms with Gasteiger partial charge < -0.3 is 5.32 Å². The fraction of sp³-hybridized carbons (Fsp3) is 0.278. The maximum Gasteiger partial charge on any atom is 0.255 e. The summed E-state index contributed by atoms with van der Waals surface area (Å²) in [7, 11) is 0. The van der Waals surface area contributed by atoms with Crippen LogP contribution in [0.4, 0.5) is 5.69 Å². The van der Waals surface area contributed by atoms with Crippen LogP contribution < -0.4 is 5.32 Å². The molecule has 21 heavy (non-hydrogen) atoms. The molecule has 0 unspecified atom stereocenters. The summed E-state index contributed by atoms with van der Waals surface area (Å²) >= 11 is 6.13. The lowest BCUT2D eigenvalue weighted by atomic mass is 9.87. The number of carbonyl (C=O) groups excluding carboxylic acids is 1. The van der Waals surface area contributed by atoms with E-state index in [0.717, 1.165) is 5.56 Å². The van der Waals surface area contributed by atoms with Crippen molar-refractivity contribution in [2.75, 3.05) is 5.32 Å². The third-order valence-corrected chi connectivity index (χ3v) is 3.70. The molecule has 1 N–H and O–H groups in total. The topological polar surface area (TPSA) is 29.1 Å². The predicted molar refractivity (Wildman–Crippen MR) is 89.3 cm³/mol. The molecule has 0 bridgehead atoms. The summed E-state index contributed by atoms with van der Waals surface area (Å²) in [4.78, 5) is 12.2. The molecule has 0 radical (unpaired) electrons. The molecule has 2 nitrogen and oxygen atoms in total. The Bertz CT molecular complexity index is 654. The number of halogens is 1. The van der Waals surface area contributed by atoms with Gasteiger partial charge >= 0.3 is 0 Å². The number of rotatable bonds is 2. The van der Waals surface area contributed by atoms with Crippen LogP contribution in [0.1, 0.15) is 42.3 Å². The van der Waals surface area contributed by atoms with Crippen molar-refractivity contribution in [2.24, 2.45) is 0 Å². The number of hydrogen-bond acceptors (Lipinski definition) is 1. The van der Waals surface area contributed by atoms with Crippen LogP contribution in [0.5, 0.6) is 0 Å². The first-order valence-electron chi connectivity index (χ1n) is 6.95. The van der Waals surface area contributed by atoms with E-state index < -0.39 is 0 Å². The van der Waals surface area contributed by atoms with Gasteiger partial charge in [-0.15, -0.1) is 0 Å². The molecule has 0 saturated carbocycles. The van der Waals surface area contributed by atoms with Crippen molar-refractivity contribution in [2.45, 2.75) is 33.1 Å². The molecule has 0 saturated heterocycles.